The van der Waals surface area contributed by atoms with Gasteiger partial charge in [-0.3, -0.25) is 4.79 Å². The maximum absolute atomic E-state index is 14.6. The Hall–Kier alpha value is -3.40. The molecular formula is C27H30FNO5. The van der Waals surface area contributed by atoms with Crippen LogP contribution < -0.4 is 9.47 Å². The predicted octanol–water partition coefficient (Wildman–Crippen LogP) is 5.64. The smallest absolute Gasteiger partial charge is 0.343 e. The van der Waals surface area contributed by atoms with Crippen LogP contribution in [0, 0.1) is 17.1 Å². The summed E-state index contributed by atoms with van der Waals surface area (Å²) >= 11 is 0. The molecule has 0 amide bonds. The summed E-state index contributed by atoms with van der Waals surface area (Å²) in [5, 5.41) is 9.67. The van der Waals surface area contributed by atoms with E-state index in [1.165, 1.54) is 18.2 Å². The van der Waals surface area contributed by atoms with Gasteiger partial charge < -0.3 is 14.2 Å². The maximum atomic E-state index is 14.6. The van der Waals surface area contributed by atoms with Crippen molar-refractivity contribution >= 4 is 11.9 Å². The van der Waals surface area contributed by atoms with Gasteiger partial charge in [0, 0.05) is 11.6 Å². The Bertz CT molecular complexity index is 1180. The molecule has 0 spiro atoms. The van der Waals surface area contributed by atoms with Crippen LogP contribution in [0.4, 0.5) is 4.39 Å². The Morgan fingerprint density at radius 1 is 1.15 bits per heavy atom. The minimum atomic E-state index is -0.723. The number of ether oxygens (including phenoxy) is 3. The normalized spacial score (nSPS) is 16.0. The topological polar surface area (TPSA) is 85.6 Å². The quantitative estimate of drug-likeness (QED) is 0.427. The van der Waals surface area contributed by atoms with E-state index in [9.17, 15) is 19.2 Å². The Kier molecular flexibility index (Phi) is 6.49. The molecule has 1 aliphatic rings. The molecule has 34 heavy (non-hydrogen) atoms. The second kappa shape index (κ2) is 8.75. The number of carbonyl (C=O) groups excluding carboxylic acids is 2. The highest BCUT2D eigenvalue weighted by Crippen LogP contribution is 2.46. The molecule has 0 bridgehead atoms. The number of hydrogen-bond acceptors (Lipinski definition) is 6. The van der Waals surface area contributed by atoms with Crippen LogP contribution in [0.2, 0.25) is 0 Å². The Balaban J connectivity index is 1.83. The summed E-state index contributed by atoms with van der Waals surface area (Å²) in [6.45, 7) is 13.2. The lowest BCUT2D eigenvalue weighted by atomic mass is 9.72. The first-order chi connectivity index (χ1) is 15.6. The van der Waals surface area contributed by atoms with Crippen molar-refractivity contribution in [2.24, 2.45) is 0 Å². The summed E-state index contributed by atoms with van der Waals surface area (Å²) in [7, 11) is 0. The van der Waals surface area contributed by atoms with Crippen molar-refractivity contribution < 1.29 is 28.2 Å². The number of benzene rings is 2. The molecule has 0 saturated carbocycles. The molecule has 0 atom stereocenters. The molecule has 6 nitrogen and oxygen atoms in total. The third-order valence-corrected chi connectivity index (χ3v) is 5.41. The van der Waals surface area contributed by atoms with E-state index in [-0.39, 0.29) is 34.3 Å². The van der Waals surface area contributed by atoms with Crippen LogP contribution in [0.5, 0.6) is 11.5 Å². The summed E-state index contributed by atoms with van der Waals surface area (Å²) in [6, 6.07) is 9.05. The third kappa shape index (κ3) is 5.74. The second-order valence-electron chi connectivity index (χ2n) is 10.8. The number of fused-ring (bicyclic) bond motifs is 1. The number of rotatable bonds is 4. The van der Waals surface area contributed by atoms with Gasteiger partial charge in [0.05, 0.1) is 17.5 Å². The molecule has 0 fully saturated rings. The molecule has 2 aromatic carbocycles. The summed E-state index contributed by atoms with van der Waals surface area (Å²) in [6.07, 6.45) is 0.458. The van der Waals surface area contributed by atoms with Crippen LogP contribution in [0.1, 0.15) is 81.9 Å². The van der Waals surface area contributed by atoms with E-state index in [0.717, 1.165) is 11.6 Å². The molecular weight excluding hydrogens is 437 g/mol. The Morgan fingerprint density at radius 3 is 2.41 bits per heavy atom. The van der Waals surface area contributed by atoms with E-state index in [0.29, 0.717) is 12.2 Å². The maximum Gasteiger partial charge on any atom is 0.343 e. The molecule has 7 heteroatoms. The van der Waals surface area contributed by atoms with Gasteiger partial charge in [-0.1, -0.05) is 19.9 Å². The molecule has 1 aliphatic heterocycles. The van der Waals surface area contributed by atoms with Gasteiger partial charge in [0.2, 0.25) is 0 Å². The van der Waals surface area contributed by atoms with Gasteiger partial charge in [-0.15, -0.1) is 0 Å². The number of nitriles is 1. The van der Waals surface area contributed by atoms with Gasteiger partial charge in [0.1, 0.15) is 34.6 Å². The van der Waals surface area contributed by atoms with Crippen LogP contribution >= 0.6 is 0 Å². The predicted molar refractivity (Wildman–Crippen MR) is 124 cm³/mol. The SMILES string of the molecule is CC(C)(C)OC(=O)Cc1ccc(OC(=O)c2cc(C#N)c3c(c2)C(C)(C)CC(C)(C)O3)cc1F. The molecule has 0 unspecified atom stereocenters. The zero-order chi connectivity index (χ0) is 25.5. The van der Waals surface area contributed by atoms with Gasteiger partial charge in [-0.05, 0) is 70.2 Å². The molecule has 1 heterocycles. The largest absolute Gasteiger partial charge is 0.486 e. The first-order valence-corrected chi connectivity index (χ1v) is 11.1. The first-order valence-electron chi connectivity index (χ1n) is 11.1. The molecule has 0 radical (unpaired) electrons. The number of halogens is 1. The van der Waals surface area contributed by atoms with Crippen molar-refractivity contribution in [2.45, 2.75) is 77.9 Å². The van der Waals surface area contributed by atoms with Crippen molar-refractivity contribution in [3.8, 4) is 17.6 Å². The highest BCUT2D eigenvalue weighted by Gasteiger charge is 2.40. The molecule has 2 aromatic rings. The van der Waals surface area contributed by atoms with Crippen molar-refractivity contribution in [3.05, 3.63) is 58.4 Å². The molecule has 0 aromatic heterocycles. The van der Waals surface area contributed by atoms with Crippen molar-refractivity contribution in [2.75, 3.05) is 0 Å². The van der Waals surface area contributed by atoms with Crippen LogP contribution in [0.25, 0.3) is 0 Å². The third-order valence-electron chi connectivity index (χ3n) is 5.41. The van der Waals surface area contributed by atoms with Crippen LogP contribution in [-0.4, -0.2) is 23.1 Å². The van der Waals surface area contributed by atoms with E-state index in [1.807, 2.05) is 27.7 Å². The van der Waals surface area contributed by atoms with Crippen LogP contribution in [-0.2, 0) is 21.4 Å². The number of hydrogen-bond donors (Lipinski definition) is 0. The summed E-state index contributed by atoms with van der Waals surface area (Å²) in [4.78, 5) is 24.9. The van der Waals surface area contributed by atoms with Crippen LogP contribution in [0.15, 0.2) is 30.3 Å². The molecule has 0 saturated heterocycles. The second-order valence-corrected chi connectivity index (χ2v) is 10.8. The molecule has 0 N–H and O–H groups in total. The van der Waals surface area contributed by atoms with E-state index in [1.54, 1.807) is 26.8 Å². The summed E-state index contributed by atoms with van der Waals surface area (Å²) < 4.78 is 31.2. The fraction of sp³-hybridized carbons (Fsp3) is 0.444. The molecule has 3 rings (SSSR count). The van der Waals surface area contributed by atoms with Crippen molar-refractivity contribution in [3.63, 3.8) is 0 Å². The van der Waals surface area contributed by atoms with Crippen LogP contribution in [0.3, 0.4) is 0 Å². The van der Waals surface area contributed by atoms with Gasteiger partial charge in [-0.2, -0.15) is 5.26 Å². The average molecular weight is 468 g/mol. The zero-order valence-corrected chi connectivity index (χ0v) is 20.7. The zero-order valence-electron chi connectivity index (χ0n) is 20.7. The lowest BCUT2D eigenvalue weighted by Gasteiger charge is -2.42. The van der Waals surface area contributed by atoms with E-state index in [2.05, 4.69) is 6.07 Å². The Labute approximate surface area is 199 Å². The lowest BCUT2D eigenvalue weighted by molar-refractivity contribution is -0.154. The van der Waals surface area contributed by atoms with E-state index < -0.39 is 29.0 Å². The fourth-order valence-electron chi connectivity index (χ4n) is 4.35. The van der Waals surface area contributed by atoms with Gasteiger partial charge in [-0.25, -0.2) is 9.18 Å². The summed E-state index contributed by atoms with van der Waals surface area (Å²) in [5.74, 6) is -1.50. The molecule has 180 valence electrons. The lowest BCUT2D eigenvalue weighted by Crippen LogP contribution is -2.41. The average Bonchev–Trinajstić information content (AvgIpc) is 2.66. The number of carbonyl (C=O) groups is 2. The fourth-order valence-corrected chi connectivity index (χ4v) is 4.35. The van der Waals surface area contributed by atoms with Gasteiger partial charge >= 0.3 is 11.9 Å². The minimum Gasteiger partial charge on any atom is -0.486 e. The highest BCUT2D eigenvalue weighted by atomic mass is 19.1. The van der Waals surface area contributed by atoms with E-state index >= 15 is 0 Å². The van der Waals surface area contributed by atoms with E-state index in [4.69, 9.17) is 14.2 Å². The van der Waals surface area contributed by atoms with Crippen molar-refractivity contribution in [1.82, 2.24) is 0 Å². The monoisotopic (exact) mass is 467 g/mol. The number of esters is 2. The highest BCUT2D eigenvalue weighted by molar-refractivity contribution is 5.92. The minimum absolute atomic E-state index is 0.0108. The first kappa shape index (κ1) is 25.2. The summed E-state index contributed by atoms with van der Waals surface area (Å²) in [5.41, 5.74) is -0.172. The number of nitrogens with zero attached hydrogens (tertiary/aromatic N) is 1. The van der Waals surface area contributed by atoms with Crippen molar-refractivity contribution in [1.29, 1.82) is 5.26 Å². The standard InChI is InChI=1S/C27H30FNO5/c1-25(2,3)33-22(30)12-16-8-9-19(13-21(16)28)32-24(31)17-10-18(14-29)23-20(11-17)26(4,5)15-27(6,7)34-23/h8-11,13H,12,15H2,1-7H3. The Morgan fingerprint density at radius 2 is 1.82 bits per heavy atom. The van der Waals surface area contributed by atoms with Gasteiger partial charge in [0.25, 0.3) is 0 Å². The van der Waals surface area contributed by atoms with Gasteiger partial charge in [0.15, 0.2) is 0 Å². The molecule has 0 aliphatic carbocycles.